The summed E-state index contributed by atoms with van der Waals surface area (Å²) in [5, 5.41) is 8.63. The Labute approximate surface area is 79.1 Å². The fourth-order valence-corrected chi connectivity index (χ4v) is 1.23. The number of aryl methyl sites for hydroxylation is 1. The van der Waals surface area contributed by atoms with Gasteiger partial charge in [-0.15, -0.1) is 0 Å². The van der Waals surface area contributed by atoms with Crippen molar-refractivity contribution in [3.8, 4) is 5.88 Å². The van der Waals surface area contributed by atoms with Gasteiger partial charge in [0.25, 0.3) is 0 Å². The highest BCUT2D eigenvalue weighted by atomic mass is 16.5. The maximum Gasteiger partial charge on any atom is 0.505 e. The number of pyridine rings is 1. The van der Waals surface area contributed by atoms with Crippen LogP contribution in [-0.4, -0.2) is 17.7 Å². The van der Waals surface area contributed by atoms with Gasteiger partial charge in [-0.3, -0.25) is 0 Å². The number of rotatable bonds is 2. The maximum atomic E-state index is 8.63. The molecular formula is C9H14BNO2. The van der Waals surface area contributed by atoms with Gasteiger partial charge < -0.3 is 9.68 Å². The van der Waals surface area contributed by atoms with Gasteiger partial charge in [0, 0.05) is 11.3 Å². The SMILES string of the molecule is Cc1nc(OBO)c(C)c(C)c1C. The zero-order valence-corrected chi connectivity index (χ0v) is 8.51. The summed E-state index contributed by atoms with van der Waals surface area (Å²) in [5.41, 5.74) is 4.31. The predicted molar refractivity (Wildman–Crippen MR) is 53.2 cm³/mol. The molecule has 13 heavy (non-hydrogen) atoms. The molecule has 0 aliphatic carbocycles. The summed E-state index contributed by atoms with van der Waals surface area (Å²) in [4.78, 5) is 4.24. The molecule has 0 atom stereocenters. The second-order valence-corrected chi connectivity index (χ2v) is 3.15. The van der Waals surface area contributed by atoms with Crippen molar-refractivity contribution in [3.63, 3.8) is 0 Å². The minimum atomic E-state index is -0.324. The molecule has 0 saturated heterocycles. The number of hydrogen-bond acceptors (Lipinski definition) is 3. The normalized spacial score (nSPS) is 9.92. The number of hydrogen-bond donors (Lipinski definition) is 1. The van der Waals surface area contributed by atoms with E-state index in [9.17, 15) is 0 Å². The first-order valence-corrected chi connectivity index (χ1v) is 4.26. The van der Waals surface area contributed by atoms with Gasteiger partial charge in [0.1, 0.15) is 0 Å². The summed E-state index contributed by atoms with van der Waals surface area (Å²) in [6.45, 7) is 7.95. The van der Waals surface area contributed by atoms with Crippen molar-refractivity contribution in [3.05, 3.63) is 22.4 Å². The van der Waals surface area contributed by atoms with Gasteiger partial charge in [-0.25, -0.2) is 4.98 Å². The summed E-state index contributed by atoms with van der Waals surface area (Å²) >= 11 is 0. The minimum absolute atomic E-state index is 0.324. The van der Waals surface area contributed by atoms with Crippen LogP contribution < -0.4 is 4.65 Å². The van der Waals surface area contributed by atoms with Gasteiger partial charge in [-0.2, -0.15) is 0 Å². The summed E-state index contributed by atoms with van der Waals surface area (Å²) < 4.78 is 5.00. The zero-order valence-electron chi connectivity index (χ0n) is 8.51. The van der Waals surface area contributed by atoms with Crippen molar-refractivity contribution < 1.29 is 9.68 Å². The van der Waals surface area contributed by atoms with Crippen LogP contribution >= 0.6 is 0 Å². The van der Waals surface area contributed by atoms with E-state index in [0.717, 1.165) is 11.3 Å². The molecule has 0 amide bonds. The summed E-state index contributed by atoms with van der Waals surface area (Å²) in [7, 11) is -0.324. The molecule has 0 fully saturated rings. The molecule has 1 N–H and O–H groups in total. The van der Waals surface area contributed by atoms with E-state index in [1.165, 1.54) is 11.1 Å². The largest absolute Gasteiger partial charge is 0.525 e. The Kier molecular flexibility index (Phi) is 2.93. The van der Waals surface area contributed by atoms with Crippen LogP contribution in [0.15, 0.2) is 0 Å². The minimum Gasteiger partial charge on any atom is -0.525 e. The first kappa shape index (κ1) is 10.1. The van der Waals surface area contributed by atoms with Crippen LogP contribution in [0.25, 0.3) is 0 Å². The van der Waals surface area contributed by atoms with Crippen LogP contribution in [0, 0.1) is 27.7 Å². The van der Waals surface area contributed by atoms with E-state index in [1.54, 1.807) is 0 Å². The van der Waals surface area contributed by atoms with Crippen LogP contribution in [0.3, 0.4) is 0 Å². The third-order valence-corrected chi connectivity index (χ3v) is 2.46. The Hall–Kier alpha value is -1.03. The zero-order chi connectivity index (χ0) is 10.0. The number of nitrogens with zero attached hydrogens (tertiary/aromatic N) is 1. The molecule has 70 valence electrons. The standard InChI is InChI=1S/C9H14BNO2/c1-5-6(2)8(4)11-9(7(5)3)13-10-12/h10,12H,1-4H3. The van der Waals surface area contributed by atoms with Gasteiger partial charge in [0.05, 0.1) is 0 Å². The van der Waals surface area contributed by atoms with Crippen molar-refractivity contribution >= 4 is 7.69 Å². The van der Waals surface area contributed by atoms with E-state index >= 15 is 0 Å². The highest BCUT2D eigenvalue weighted by Gasteiger charge is 2.09. The summed E-state index contributed by atoms with van der Waals surface area (Å²) in [6.07, 6.45) is 0. The summed E-state index contributed by atoms with van der Waals surface area (Å²) in [5.74, 6) is 0.531. The Bertz CT molecular complexity index is 326. The fraction of sp³-hybridized carbons (Fsp3) is 0.444. The Morgan fingerprint density at radius 3 is 2.23 bits per heavy atom. The highest BCUT2D eigenvalue weighted by Crippen LogP contribution is 2.22. The van der Waals surface area contributed by atoms with E-state index < -0.39 is 0 Å². The van der Waals surface area contributed by atoms with E-state index in [4.69, 9.17) is 9.68 Å². The van der Waals surface area contributed by atoms with Gasteiger partial charge in [0.15, 0.2) is 5.88 Å². The molecule has 1 aromatic heterocycles. The molecule has 1 heterocycles. The van der Waals surface area contributed by atoms with Crippen LogP contribution in [0.4, 0.5) is 0 Å². The molecule has 0 aliphatic heterocycles. The lowest BCUT2D eigenvalue weighted by atomic mass is 10.0. The highest BCUT2D eigenvalue weighted by molar-refractivity contribution is 6.17. The van der Waals surface area contributed by atoms with Gasteiger partial charge in [-0.05, 0) is 38.8 Å². The quantitative estimate of drug-likeness (QED) is 0.687. The molecule has 0 unspecified atom stereocenters. The first-order valence-electron chi connectivity index (χ1n) is 4.26. The van der Waals surface area contributed by atoms with Crippen molar-refractivity contribution in [2.75, 3.05) is 0 Å². The van der Waals surface area contributed by atoms with Crippen LogP contribution in [0.1, 0.15) is 22.4 Å². The Balaban J connectivity index is 3.24. The van der Waals surface area contributed by atoms with Crippen molar-refractivity contribution in [2.24, 2.45) is 0 Å². The average molecular weight is 179 g/mol. The molecule has 1 aromatic rings. The van der Waals surface area contributed by atoms with Gasteiger partial charge in [0.2, 0.25) is 0 Å². The Morgan fingerprint density at radius 1 is 1.08 bits per heavy atom. The van der Waals surface area contributed by atoms with Crippen molar-refractivity contribution in [1.82, 2.24) is 4.98 Å². The van der Waals surface area contributed by atoms with Crippen LogP contribution in [0.2, 0.25) is 0 Å². The Morgan fingerprint density at radius 2 is 1.69 bits per heavy atom. The lowest BCUT2D eigenvalue weighted by Crippen LogP contribution is -2.06. The van der Waals surface area contributed by atoms with Crippen LogP contribution in [-0.2, 0) is 0 Å². The topological polar surface area (TPSA) is 42.4 Å². The third-order valence-electron chi connectivity index (χ3n) is 2.46. The maximum absolute atomic E-state index is 8.63. The lowest BCUT2D eigenvalue weighted by Gasteiger charge is -2.12. The van der Waals surface area contributed by atoms with E-state index in [2.05, 4.69) is 4.98 Å². The van der Waals surface area contributed by atoms with Crippen LogP contribution in [0.5, 0.6) is 5.88 Å². The molecule has 0 bridgehead atoms. The first-order chi connectivity index (χ1) is 6.07. The third kappa shape index (κ3) is 1.83. The van der Waals surface area contributed by atoms with Gasteiger partial charge in [-0.1, -0.05) is 0 Å². The van der Waals surface area contributed by atoms with Crippen molar-refractivity contribution in [1.29, 1.82) is 0 Å². The number of aromatic nitrogens is 1. The molecule has 0 saturated carbocycles. The van der Waals surface area contributed by atoms with Crippen molar-refractivity contribution in [2.45, 2.75) is 27.7 Å². The lowest BCUT2D eigenvalue weighted by molar-refractivity contribution is 0.439. The molecule has 1 rings (SSSR count). The molecule has 0 aromatic carbocycles. The van der Waals surface area contributed by atoms with E-state index in [1.807, 2.05) is 27.7 Å². The molecule has 0 aliphatic rings. The second-order valence-electron chi connectivity index (χ2n) is 3.15. The molecule has 4 heteroatoms. The second kappa shape index (κ2) is 3.79. The molecular weight excluding hydrogens is 165 g/mol. The van der Waals surface area contributed by atoms with Gasteiger partial charge >= 0.3 is 7.69 Å². The average Bonchev–Trinajstić information content (AvgIpc) is 2.11. The monoisotopic (exact) mass is 179 g/mol. The fourth-order valence-electron chi connectivity index (χ4n) is 1.23. The smallest absolute Gasteiger partial charge is 0.505 e. The van der Waals surface area contributed by atoms with E-state index in [-0.39, 0.29) is 7.69 Å². The predicted octanol–water partition coefficient (Wildman–Crippen LogP) is 0.953. The molecule has 0 spiro atoms. The summed E-state index contributed by atoms with van der Waals surface area (Å²) in [6, 6.07) is 0. The van der Waals surface area contributed by atoms with E-state index in [0.29, 0.717) is 5.88 Å². The molecule has 0 radical (unpaired) electrons. The molecule has 3 nitrogen and oxygen atoms in total.